The lowest BCUT2D eigenvalue weighted by Gasteiger charge is -2.23. The van der Waals surface area contributed by atoms with E-state index in [0.29, 0.717) is 12.0 Å². The summed E-state index contributed by atoms with van der Waals surface area (Å²) in [4.78, 5) is 7.26. The third-order valence-electron chi connectivity index (χ3n) is 4.62. The number of likely N-dealkylation sites (tertiary alicyclic amines) is 1. The summed E-state index contributed by atoms with van der Waals surface area (Å²) < 4.78 is 1.94. The number of hydrogen-bond donors (Lipinski definition) is 1. The van der Waals surface area contributed by atoms with Crippen LogP contribution >= 0.6 is 24.0 Å². The Kier molecular flexibility index (Phi) is 7.49. The molecule has 1 fully saturated rings. The second kappa shape index (κ2) is 9.39. The summed E-state index contributed by atoms with van der Waals surface area (Å²) in [5.41, 5.74) is 2.86. The van der Waals surface area contributed by atoms with Gasteiger partial charge in [0.1, 0.15) is 0 Å². The fourth-order valence-corrected chi connectivity index (χ4v) is 3.29. The van der Waals surface area contributed by atoms with Crippen LogP contribution in [0.3, 0.4) is 0 Å². The Bertz CT molecular complexity index is 709. The van der Waals surface area contributed by atoms with E-state index in [9.17, 15) is 0 Å². The van der Waals surface area contributed by atoms with Crippen molar-refractivity contribution >= 4 is 29.9 Å². The van der Waals surface area contributed by atoms with Gasteiger partial charge in [0, 0.05) is 32.0 Å². The highest BCUT2D eigenvalue weighted by molar-refractivity contribution is 14.0. The predicted molar refractivity (Wildman–Crippen MR) is 118 cm³/mol. The molecule has 0 saturated carbocycles. The van der Waals surface area contributed by atoms with Gasteiger partial charge in [-0.2, -0.15) is 5.10 Å². The summed E-state index contributed by atoms with van der Waals surface area (Å²) in [6, 6.07) is 10.6. The minimum Gasteiger partial charge on any atom is -0.357 e. The van der Waals surface area contributed by atoms with Crippen molar-refractivity contribution in [2.45, 2.75) is 40.3 Å². The summed E-state index contributed by atoms with van der Waals surface area (Å²) in [7, 11) is 0. The van der Waals surface area contributed by atoms with E-state index in [1.54, 1.807) is 0 Å². The Balaban J connectivity index is 0.00000243. The molecule has 1 aliphatic heterocycles. The fourth-order valence-electron chi connectivity index (χ4n) is 3.29. The number of aromatic nitrogens is 2. The van der Waals surface area contributed by atoms with Gasteiger partial charge < -0.3 is 10.2 Å². The van der Waals surface area contributed by atoms with Crippen LogP contribution in [0.4, 0.5) is 0 Å². The first-order chi connectivity index (χ1) is 12.1. The van der Waals surface area contributed by atoms with Crippen molar-refractivity contribution in [3.63, 3.8) is 0 Å². The van der Waals surface area contributed by atoms with E-state index in [1.807, 2.05) is 23.1 Å². The van der Waals surface area contributed by atoms with E-state index in [2.05, 4.69) is 60.4 Å². The van der Waals surface area contributed by atoms with E-state index >= 15 is 0 Å². The van der Waals surface area contributed by atoms with Crippen LogP contribution in [-0.2, 0) is 13.1 Å². The maximum atomic E-state index is 4.88. The lowest BCUT2D eigenvalue weighted by atomic mass is 9.93. The van der Waals surface area contributed by atoms with Crippen molar-refractivity contribution in [1.29, 1.82) is 0 Å². The van der Waals surface area contributed by atoms with Crippen molar-refractivity contribution in [3.05, 3.63) is 53.9 Å². The number of nitrogens with one attached hydrogen (secondary N) is 1. The molecule has 1 aromatic carbocycles. The summed E-state index contributed by atoms with van der Waals surface area (Å²) in [5.74, 6) is 1.03. The molecule has 0 unspecified atom stereocenters. The van der Waals surface area contributed by atoms with Crippen molar-refractivity contribution < 1.29 is 0 Å². The molecule has 1 aromatic heterocycles. The maximum absolute atomic E-state index is 4.88. The Morgan fingerprint density at radius 2 is 2.08 bits per heavy atom. The van der Waals surface area contributed by atoms with Crippen molar-refractivity contribution in [1.82, 2.24) is 20.0 Å². The van der Waals surface area contributed by atoms with Crippen LogP contribution in [-0.4, -0.2) is 40.3 Å². The van der Waals surface area contributed by atoms with E-state index in [0.717, 1.165) is 32.1 Å². The SMILES string of the molecule is CCNC(=NCc1cccc(Cn2cccn2)c1)N1CCC(C)(C)C1.I. The molecular formula is C20H30IN5. The number of rotatable bonds is 5. The highest BCUT2D eigenvalue weighted by Crippen LogP contribution is 2.28. The molecule has 5 nitrogen and oxygen atoms in total. The Morgan fingerprint density at radius 3 is 2.73 bits per heavy atom. The predicted octanol–water partition coefficient (Wildman–Crippen LogP) is 3.75. The van der Waals surface area contributed by atoms with Crippen LogP contribution in [0.15, 0.2) is 47.7 Å². The smallest absolute Gasteiger partial charge is 0.194 e. The van der Waals surface area contributed by atoms with Crippen LogP contribution < -0.4 is 5.32 Å². The van der Waals surface area contributed by atoms with Gasteiger partial charge in [0.2, 0.25) is 0 Å². The molecule has 0 amide bonds. The standard InChI is InChI=1S/C20H29N5.HI/c1-4-21-19(24-12-9-20(2,3)16-24)22-14-17-7-5-8-18(13-17)15-25-11-6-10-23-25;/h5-8,10-11,13H,4,9,12,14-16H2,1-3H3,(H,21,22);1H. The first-order valence-corrected chi connectivity index (χ1v) is 9.14. The molecule has 0 bridgehead atoms. The largest absolute Gasteiger partial charge is 0.357 e. The average Bonchev–Trinajstić information content (AvgIpc) is 3.21. The molecule has 1 N–H and O–H groups in total. The van der Waals surface area contributed by atoms with Gasteiger partial charge in [-0.3, -0.25) is 4.68 Å². The highest BCUT2D eigenvalue weighted by Gasteiger charge is 2.30. The van der Waals surface area contributed by atoms with Gasteiger partial charge in [0.05, 0.1) is 13.1 Å². The topological polar surface area (TPSA) is 45.5 Å². The number of nitrogens with zero attached hydrogens (tertiary/aromatic N) is 4. The van der Waals surface area contributed by atoms with Gasteiger partial charge >= 0.3 is 0 Å². The van der Waals surface area contributed by atoms with Crippen LogP contribution in [0.25, 0.3) is 0 Å². The zero-order chi connectivity index (χ0) is 17.7. The van der Waals surface area contributed by atoms with Gasteiger partial charge in [-0.05, 0) is 36.0 Å². The van der Waals surface area contributed by atoms with Crippen molar-refractivity contribution in [2.24, 2.45) is 10.4 Å². The van der Waals surface area contributed by atoms with Crippen LogP contribution in [0.1, 0.15) is 38.3 Å². The van der Waals surface area contributed by atoms with Gasteiger partial charge in [0.15, 0.2) is 5.96 Å². The summed E-state index contributed by atoms with van der Waals surface area (Å²) in [6.45, 7) is 11.3. The molecule has 3 rings (SSSR count). The molecule has 1 aliphatic rings. The molecule has 0 aliphatic carbocycles. The number of aliphatic imine (C=N–C) groups is 1. The molecule has 0 radical (unpaired) electrons. The van der Waals surface area contributed by atoms with Crippen molar-refractivity contribution in [2.75, 3.05) is 19.6 Å². The first kappa shape index (κ1) is 20.7. The van der Waals surface area contributed by atoms with Gasteiger partial charge in [-0.15, -0.1) is 24.0 Å². The lowest BCUT2D eigenvalue weighted by Crippen LogP contribution is -2.40. The summed E-state index contributed by atoms with van der Waals surface area (Å²) >= 11 is 0. The Morgan fingerprint density at radius 1 is 1.27 bits per heavy atom. The number of halogens is 1. The second-order valence-electron chi connectivity index (χ2n) is 7.53. The van der Waals surface area contributed by atoms with E-state index in [-0.39, 0.29) is 24.0 Å². The molecule has 0 spiro atoms. The summed E-state index contributed by atoms with van der Waals surface area (Å²) in [6.07, 6.45) is 5.02. The zero-order valence-electron chi connectivity index (χ0n) is 16.0. The van der Waals surface area contributed by atoms with E-state index < -0.39 is 0 Å². The molecule has 2 aromatic rings. The summed E-state index contributed by atoms with van der Waals surface area (Å²) in [5, 5.41) is 7.72. The molecule has 2 heterocycles. The van der Waals surface area contributed by atoms with Crippen LogP contribution in [0.2, 0.25) is 0 Å². The molecular weight excluding hydrogens is 437 g/mol. The average molecular weight is 467 g/mol. The maximum Gasteiger partial charge on any atom is 0.194 e. The Hall–Kier alpha value is -1.57. The number of benzene rings is 1. The molecule has 1 saturated heterocycles. The van der Waals surface area contributed by atoms with Gasteiger partial charge in [-0.1, -0.05) is 38.1 Å². The normalized spacial score (nSPS) is 16.4. The molecule has 0 atom stereocenters. The van der Waals surface area contributed by atoms with Gasteiger partial charge in [-0.25, -0.2) is 4.99 Å². The zero-order valence-corrected chi connectivity index (χ0v) is 18.3. The van der Waals surface area contributed by atoms with E-state index in [4.69, 9.17) is 4.99 Å². The highest BCUT2D eigenvalue weighted by atomic mass is 127. The first-order valence-electron chi connectivity index (χ1n) is 9.14. The van der Waals surface area contributed by atoms with Crippen LogP contribution in [0.5, 0.6) is 0 Å². The van der Waals surface area contributed by atoms with Crippen LogP contribution in [0, 0.1) is 5.41 Å². The van der Waals surface area contributed by atoms with Crippen molar-refractivity contribution in [3.8, 4) is 0 Å². The molecule has 26 heavy (non-hydrogen) atoms. The fraction of sp³-hybridized carbons (Fsp3) is 0.500. The van der Waals surface area contributed by atoms with E-state index in [1.165, 1.54) is 17.5 Å². The molecule has 6 heteroatoms. The third-order valence-corrected chi connectivity index (χ3v) is 4.62. The number of hydrogen-bond acceptors (Lipinski definition) is 2. The third kappa shape index (κ3) is 5.72. The van der Waals surface area contributed by atoms with Gasteiger partial charge in [0.25, 0.3) is 0 Å². The minimum absolute atomic E-state index is 0. The second-order valence-corrected chi connectivity index (χ2v) is 7.53. The monoisotopic (exact) mass is 467 g/mol. The minimum atomic E-state index is 0. The quantitative estimate of drug-likeness (QED) is 0.414. The lowest BCUT2D eigenvalue weighted by molar-refractivity contribution is 0.370. The Labute approximate surface area is 173 Å². The number of guanidine groups is 1. The molecule has 142 valence electrons.